The number of benzene rings is 2. The average molecular weight is 371 g/mol. The molecule has 1 amide bonds. The fourth-order valence-electron chi connectivity index (χ4n) is 3.91. The lowest BCUT2D eigenvalue weighted by Crippen LogP contribution is -2.41. The molecule has 2 N–H and O–H groups in total. The summed E-state index contributed by atoms with van der Waals surface area (Å²) in [4.78, 5) is 14.5. The maximum absolute atomic E-state index is 14.6. The quantitative estimate of drug-likeness (QED) is 0.864. The molecule has 3 aliphatic rings. The Hall–Kier alpha value is -2.80. The van der Waals surface area contributed by atoms with Gasteiger partial charge in [0.15, 0.2) is 11.5 Å². The topological polar surface area (TPSA) is 79.2 Å². The number of hydrogen-bond acceptors (Lipinski definition) is 5. The first-order chi connectivity index (χ1) is 13.0. The van der Waals surface area contributed by atoms with E-state index < -0.39 is 17.3 Å². The van der Waals surface area contributed by atoms with Crippen molar-refractivity contribution in [1.82, 2.24) is 0 Å². The van der Waals surface area contributed by atoms with Crippen LogP contribution in [-0.4, -0.2) is 29.5 Å². The summed E-state index contributed by atoms with van der Waals surface area (Å²) in [5.41, 5.74) is -2.04. The molecule has 140 valence electrons. The van der Waals surface area contributed by atoms with Crippen molar-refractivity contribution in [2.45, 2.75) is 24.9 Å². The van der Waals surface area contributed by atoms with Crippen LogP contribution < -0.4 is 14.4 Å². The van der Waals surface area contributed by atoms with Gasteiger partial charge >= 0.3 is 0 Å². The number of hydrogen-bond donors (Lipinski definition) is 2. The van der Waals surface area contributed by atoms with E-state index in [1.54, 1.807) is 0 Å². The highest BCUT2D eigenvalue weighted by Crippen LogP contribution is 2.51. The van der Waals surface area contributed by atoms with Crippen LogP contribution in [0.5, 0.6) is 17.2 Å². The number of aliphatic hydroxyl groups is 1. The van der Waals surface area contributed by atoms with Crippen molar-refractivity contribution < 1.29 is 28.9 Å². The first kappa shape index (κ1) is 16.4. The summed E-state index contributed by atoms with van der Waals surface area (Å²) in [6.45, 7) is 0.314. The molecule has 27 heavy (non-hydrogen) atoms. The van der Waals surface area contributed by atoms with Crippen LogP contribution in [-0.2, 0) is 10.4 Å². The summed E-state index contributed by atoms with van der Waals surface area (Å²) < 4.78 is 25.2. The number of anilines is 1. The first-order valence-electron chi connectivity index (χ1n) is 8.96. The molecule has 6 nitrogen and oxygen atoms in total. The van der Waals surface area contributed by atoms with Gasteiger partial charge in [-0.3, -0.25) is 4.79 Å². The lowest BCUT2D eigenvalue weighted by Gasteiger charge is -2.24. The van der Waals surface area contributed by atoms with Gasteiger partial charge < -0.3 is 24.6 Å². The van der Waals surface area contributed by atoms with E-state index in [-0.39, 0.29) is 29.4 Å². The Morgan fingerprint density at radius 1 is 1.19 bits per heavy atom. The molecule has 0 spiro atoms. The van der Waals surface area contributed by atoms with Gasteiger partial charge in [-0.25, -0.2) is 4.39 Å². The van der Waals surface area contributed by atoms with Crippen LogP contribution in [0.25, 0.3) is 0 Å². The molecule has 2 heterocycles. The second-order valence-corrected chi connectivity index (χ2v) is 7.26. The fourth-order valence-corrected chi connectivity index (χ4v) is 3.91. The molecule has 1 aliphatic carbocycles. The Labute approximate surface area is 154 Å². The highest BCUT2D eigenvalue weighted by molar-refractivity contribution is 6.09. The number of ether oxygens (including phenoxy) is 2. The van der Waals surface area contributed by atoms with Crippen LogP contribution in [0.2, 0.25) is 0 Å². The third-order valence-electron chi connectivity index (χ3n) is 5.54. The number of aromatic hydroxyl groups is 1. The highest BCUT2D eigenvalue weighted by atomic mass is 19.1. The summed E-state index contributed by atoms with van der Waals surface area (Å²) in [5.74, 6) is -0.367. The Morgan fingerprint density at radius 3 is 2.67 bits per heavy atom. The molecule has 1 saturated carbocycles. The maximum Gasteiger partial charge on any atom is 0.268 e. The minimum absolute atomic E-state index is 0.0106. The predicted octanol–water partition coefficient (Wildman–Crippen LogP) is 2.64. The van der Waals surface area contributed by atoms with Crippen LogP contribution in [0.15, 0.2) is 30.3 Å². The maximum atomic E-state index is 14.6. The molecular weight excluding hydrogens is 353 g/mol. The second kappa shape index (κ2) is 5.60. The smallest absolute Gasteiger partial charge is 0.268 e. The van der Waals surface area contributed by atoms with Crippen LogP contribution in [0.1, 0.15) is 30.4 Å². The molecular formula is C20H18FNO5. The van der Waals surface area contributed by atoms with Gasteiger partial charge in [0.2, 0.25) is 12.4 Å². The number of halogens is 1. The van der Waals surface area contributed by atoms with Crippen LogP contribution in [0.3, 0.4) is 0 Å². The van der Waals surface area contributed by atoms with Crippen molar-refractivity contribution in [2.24, 2.45) is 5.92 Å². The van der Waals surface area contributed by atoms with E-state index >= 15 is 0 Å². The van der Waals surface area contributed by atoms with Crippen molar-refractivity contribution in [2.75, 3.05) is 18.2 Å². The third-order valence-corrected chi connectivity index (χ3v) is 5.54. The van der Waals surface area contributed by atoms with Gasteiger partial charge in [0.25, 0.3) is 5.91 Å². The third kappa shape index (κ3) is 2.31. The summed E-state index contributed by atoms with van der Waals surface area (Å²) in [7, 11) is 0. The summed E-state index contributed by atoms with van der Waals surface area (Å²) >= 11 is 0. The molecule has 0 radical (unpaired) electrons. The summed E-state index contributed by atoms with van der Waals surface area (Å²) in [6.07, 6.45) is 2.97. The van der Waals surface area contributed by atoms with Gasteiger partial charge in [-0.1, -0.05) is 25.0 Å². The number of phenolic OH excluding ortho intramolecular Hbond substituents is 1. The SMILES string of the molecule is O=C1N(CCC2CC2)c2c(F)cccc2C1(O)c1cc2c(cc1O)OCO2. The van der Waals surface area contributed by atoms with Gasteiger partial charge in [0.05, 0.1) is 5.69 Å². The van der Waals surface area contributed by atoms with Gasteiger partial charge in [-0.05, 0) is 24.5 Å². The number of fused-ring (bicyclic) bond motifs is 2. The molecule has 7 heteroatoms. The average Bonchev–Trinajstić information content (AvgIpc) is 3.32. The molecule has 1 atom stereocenters. The van der Waals surface area contributed by atoms with E-state index in [0.29, 0.717) is 24.0 Å². The lowest BCUT2D eigenvalue weighted by atomic mass is 9.86. The van der Waals surface area contributed by atoms with E-state index in [1.807, 2.05) is 0 Å². The number of phenols is 1. The number of nitrogens with zero attached hydrogens (tertiary/aromatic N) is 1. The Kier molecular flexibility index (Phi) is 3.40. The molecule has 1 fully saturated rings. The normalized spacial score (nSPS) is 23.0. The zero-order valence-electron chi connectivity index (χ0n) is 14.4. The number of amides is 1. The van der Waals surface area contributed by atoms with Crippen LogP contribution in [0.4, 0.5) is 10.1 Å². The van der Waals surface area contributed by atoms with Gasteiger partial charge in [0, 0.05) is 23.7 Å². The molecule has 1 unspecified atom stereocenters. The highest BCUT2D eigenvalue weighted by Gasteiger charge is 2.54. The Balaban J connectivity index is 1.65. The van der Waals surface area contributed by atoms with Crippen LogP contribution >= 0.6 is 0 Å². The number of carbonyl (C=O) groups excluding carboxylic acids is 1. The van der Waals surface area contributed by atoms with E-state index in [4.69, 9.17) is 9.47 Å². The monoisotopic (exact) mass is 371 g/mol. The van der Waals surface area contributed by atoms with Crippen LogP contribution in [0, 0.1) is 11.7 Å². The molecule has 0 aromatic heterocycles. The van der Waals surface area contributed by atoms with E-state index in [1.165, 1.54) is 35.2 Å². The largest absolute Gasteiger partial charge is 0.507 e. The molecule has 2 aromatic carbocycles. The predicted molar refractivity (Wildman–Crippen MR) is 93.3 cm³/mol. The number of rotatable bonds is 4. The second-order valence-electron chi connectivity index (χ2n) is 7.26. The molecule has 2 aromatic rings. The van der Waals surface area contributed by atoms with E-state index in [2.05, 4.69) is 0 Å². The van der Waals surface area contributed by atoms with Crippen molar-refractivity contribution in [1.29, 1.82) is 0 Å². The zero-order valence-corrected chi connectivity index (χ0v) is 14.4. The molecule has 0 bridgehead atoms. The van der Waals surface area contributed by atoms with Crippen molar-refractivity contribution in [3.63, 3.8) is 0 Å². The van der Waals surface area contributed by atoms with Gasteiger partial charge in [-0.2, -0.15) is 0 Å². The number of para-hydroxylation sites is 1. The number of carbonyl (C=O) groups is 1. The van der Waals surface area contributed by atoms with Crippen molar-refractivity contribution in [3.8, 4) is 17.2 Å². The Bertz CT molecular complexity index is 958. The van der Waals surface area contributed by atoms with Gasteiger partial charge in [-0.15, -0.1) is 0 Å². The summed E-state index contributed by atoms with van der Waals surface area (Å²) in [6, 6.07) is 6.91. The standard InChI is InChI=1S/C20H18FNO5/c21-14-3-1-2-12-18(14)22(7-6-11-4-5-11)19(24)20(12,25)13-8-16-17(9-15(13)23)27-10-26-16/h1-3,8-9,11,23,25H,4-7,10H2. The molecule has 2 aliphatic heterocycles. The lowest BCUT2D eigenvalue weighted by molar-refractivity contribution is -0.132. The van der Waals surface area contributed by atoms with E-state index in [0.717, 1.165) is 19.3 Å². The minimum atomic E-state index is -2.19. The van der Waals surface area contributed by atoms with Crippen molar-refractivity contribution in [3.05, 3.63) is 47.3 Å². The Morgan fingerprint density at radius 2 is 1.93 bits per heavy atom. The molecule has 0 saturated heterocycles. The molecule has 5 rings (SSSR count). The summed E-state index contributed by atoms with van der Waals surface area (Å²) in [5, 5.41) is 21.9. The van der Waals surface area contributed by atoms with Crippen molar-refractivity contribution >= 4 is 11.6 Å². The van der Waals surface area contributed by atoms with Gasteiger partial charge in [0.1, 0.15) is 11.6 Å². The van der Waals surface area contributed by atoms with E-state index in [9.17, 15) is 19.4 Å². The zero-order chi connectivity index (χ0) is 18.8. The minimum Gasteiger partial charge on any atom is -0.507 e. The first-order valence-corrected chi connectivity index (χ1v) is 8.96. The fraction of sp³-hybridized carbons (Fsp3) is 0.350.